The molecule has 1 amide bonds. The van der Waals surface area contributed by atoms with Crippen LogP contribution in [0.4, 0.5) is 9.52 Å². The Morgan fingerprint density at radius 1 is 1.09 bits per heavy atom. The zero-order valence-electron chi connectivity index (χ0n) is 16.8. The van der Waals surface area contributed by atoms with Crippen molar-refractivity contribution in [3.63, 3.8) is 0 Å². The number of hydrogen-bond donors (Lipinski definition) is 1. The van der Waals surface area contributed by atoms with E-state index in [9.17, 15) is 19.1 Å². The average molecular weight is 445 g/mol. The quantitative estimate of drug-likeness (QED) is 0.279. The van der Waals surface area contributed by atoms with Gasteiger partial charge in [-0.1, -0.05) is 35.6 Å². The van der Waals surface area contributed by atoms with E-state index in [2.05, 4.69) is 9.97 Å². The Bertz CT molecular complexity index is 1410. The molecule has 1 aliphatic rings. The Labute approximate surface area is 186 Å². The number of pyridine rings is 1. The molecule has 1 saturated heterocycles. The molecule has 4 aromatic rings. The average Bonchev–Trinajstić information content (AvgIpc) is 3.32. The minimum absolute atomic E-state index is 0.0951. The Balaban J connectivity index is 1.76. The van der Waals surface area contributed by atoms with E-state index in [0.717, 1.165) is 10.3 Å². The lowest BCUT2D eigenvalue weighted by Crippen LogP contribution is -2.29. The number of amides is 1. The molecule has 0 radical (unpaired) electrons. The van der Waals surface area contributed by atoms with Gasteiger partial charge in [-0.2, -0.15) is 0 Å². The minimum atomic E-state index is -1.16. The summed E-state index contributed by atoms with van der Waals surface area (Å²) in [5.74, 6) is -2.76. The predicted octanol–water partition coefficient (Wildman–Crippen LogP) is 4.77. The lowest BCUT2D eigenvalue weighted by Gasteiger charge is -2.23. The zero-order valence-corrected chi connectivity index (χ0v) is 17.6. The van der Waals surface area contributed by atoms with E-state index in [1.165, 1.54) is 59.0 Å². The highest BCUT2D eigenvalue weighted by atomic mass is 32.1. The number of fused-ring (bicyclic) bond motifs is 1. The number of Topliss-reactive ketones (excluding diaryl/α,β-unsaturated/α-hetero) is 1. The maximum atomic E-state index is 14.9. The minimum Gasteiger partial charge on any atom is -0.507 e. The van der Waals surface area contributed by atoms with Crippen LogP contribution < -0.4 is 4.90 Å². The number of aliphatic hydroxyl groups excluding tert-OH is 1. The maximum Gasteiger partial charge on any atom is 0.301 e. The van der Waals surface area contributed by atoms with Crippen molar-refractivity contribution in [2.75, 3.05) is 4.90 Å². The highest BCUT2D eigenvalue weighted by Crippen LogP contribution is 2.44. The summed E-state index contributed by atoms with van der Waals surface area (Å²) in [6.07, 6.45) is 2.91. The lowest BCUT2D eigenvalue weighted by molar-refractivity contribution is -0.132. The standard InChI is InChI=1S/C24H16FN3O3S/c1-13-6-7-17-18(12-13)32-24(27-17)28-20(15-4-2-3-5-16(15)25)19(22(30)23(28)31)21(29)14-8-10-26-11-9-14/h2-12,20,29H,1H3/b21-19+. The van der Waals surface area contributed by atoms with Crippen LogP contribution in [-0.4, -0.2) is 26.8 Å². The van der Waals surface area contributed by atoms with E-state index in [-0.39, 0.29) is 16.3 Å². The van der Waals surface area contributed by atoms with Crippen LogP contribution >= 0.6 is 11.3 Å². The van der Waals surface area contributed by atoms with E-state index >= 15 is 0 Å². The van der Waals surface area contributed by atoms with Gasteiger partial charge in [-0.05, 0) is 42.8 Å². The number of halogens is 1. The molecule has 6 nitrogen and oxygen atoms in total. The van der Waals surface area contributed by atoms with Crippen LogP contribution in [-0.2, 0) is 9.59 Å². The summed E-state index contributed by atoms with van der Waals surface area (Å²) in [6.45, 7) is 1.94. The number of aryl methyl sites for hydroxylation is 1. The van der Waals surface area contributed by atoms with Gasteiger partial charge in [0.25, 0.3) is 5.78 Å². The van der Waals surface area contributed by atoms with Gasteiger partial charge in [0, 0.05) is 23.5 Å². The Morgan fingerprint density at radius 3 is 2.59 bits per heavy atom. The summed E-state index contributed by atoms with van der Waals surface area (Å²) < 4.78 is 15.7. The van der Waals surface area contributed by atoms with E-state index in [0.29, 0.717) is 11.1 Å². The molecule has 3 heterocycles. The number of thiazole rings is 1. The number of ketones is 1. The second kappa shape index (κ2) is 7.65. The summed E-state index contributed by atoms with van der Waals surface area (Å²) in [4.78, 5) is 35.9. The van der Waals surface area contributed by atoms with Gasteiger partial charge in [-0.15, -0.1) is 0 Å². The first-order valence-corrected chi connectivity index (χ1v) is 10.6. The number of aromatic nitrogens is 2. The number of hydrogen-bond acceptors (Lipinski definition) is 6. The third-order valence-corrected chi connectivity index (χ3v) is 6.35. The summed E-state index contributed by atoms with van der Waals surface area (Å²) in [7, 11) is 0. The molecule has 2 aromatic carbocycles. The van der Waals surface area contributed by atoms with Crippen molar-refractivity contribution in [3.05, 3.63) is 95.1 Å². The molecule has 2 aromatic heterocycles. The fraction of sp³-hybridized carbons (Fsp3) is 0.0833. The van der Waals surface area contributed by atoms with Crippen molar-refractivity contribution >= 4 is 44.1 Å². The smallest absolute Gasteiger partial charge is 0.301 e. The molecule has 1 unspecified atom stereocenters. The monoisotopic (exact) mass is 445 g/mol. The Morgan fingerprint density at radius 2 is 1.84 bits per heavy atom. The first-order chi connectivity index (χ1) is 15.5. The summed E-state index contributed by atoms with van der Waals surface area (Å²) in [6, 6.07) is 13.4. The molecule has 0 spiro atoms. The largest absolute Gasteiger partial charge is 0.507 e. The van der Waals surface area contributed by atoms with Crippen LogP contribution in [0.2, 0.25) is 0 Å². The molecule has 1 atom stereocenters. The first-order valence-electron chi connectivity index (χ1n) is 9.78. The molecule has 1 fully saturated rings. The molecule has 1 aliphatic heterocycles. The predicted molar refractivity (Wildman–Crippen MR) is 120 cm³/mol. The van der Waals surface area contributed by atoms with Gasteiger partial charge in [0.15, 0.2) is 5.13 Å². The highest BCUT2D eigenvalue weighted by Gasteiger charge is 2.49. The summed E-state index contributed by atoms with van der Waals surface area (Å²) >= 11 is 1.23. The number of carbonyl (C=O) groups is 2. The van der Waals surface area contributed by atoms with Gasteiger partial charge in [0.1, 0.15) is 17.6 Å². The molecule has 0 aliphatic carbocycles. The van der Waals surface area contributed by atoms with E-state index < -0.39 is 29.3 Å². The van der Waals surface area contributed by atoms with Crippen LogP contribution in [0.3, 0.4) is 0 Å². The Hall–Kier alpha value is -3.91. The Kier molecular flexibility index (Phi) is 4.79. The number of anilines is 1. The SMILES string of the molecule is Cc1ccc2nc(N3C(=O)C(=O)/C(=C(/O)c4ccncc4)C3c3ccccc3F)sc2c1. The molecule has 8 heteroatoms. The van der Waals surface area contributed by atoms with Crippen LogP contribution in [0, 0.1) is 12.7 Å². The number of carbonyl (C=O) groups excluding carboxylic acids is 2. The fourth-order valence-corrected chi connectivity index (χ4v) is 4.90. The third-order valence-electron chi connectivity index (χ3n) is 5.34. The number of nitrogens with zero attached hydrogens (tertiary/aromatic N) is 3. The van der Waals surface area contributed by atoms with Crippen molar-refractivity contribution in [1.29, 1.82) is 0 Å². The van der Waals surface area contributed by atoms with Crippen LogP contribution in [0.1, 0.15) is 22.7 Å². The van der Waals surface area contributed by atoms with Gasteiger partial charge in [0.2, 0.25) is 0 Å². The van der Waals surface area contributed by atoms with Gasteiger partial charge in [-0.3, -0.25) is 19.5 Å². The maximum absolute atomic E-state index is 14.9. The molecule has 0 saturated carbocycles. The van der Waals surface area contributed by atoms with Crippen molar-refractivity contribution < 1.29 is 19.1 Å². The normalized spacial score (nSPS) is 17.9. The molecular weight excluding hydrogens is 429 g/mol. The molecule has 32 heavy (non-hydrogen) atoms. The van der Waals surface area contributed by atoms with Gasteiger partial charge >= 0.3 is 5.91 Å². The van der Waals surface area contributed by atoms with Crippen molar-refractivity contribution in [1.82, 2.24) is 9.97 Å². The highest BCUT2D eigenvalue weighted by molar-refractivity contribution is 7.22. The van der Waals surface area contributed by atoms with Crippen molar-refractivity contribution in [2.45, 2.75) is 13.0 Å². The molecule has 5 rings (SSSR count). The van der Waals surface area contributed by atoms with Gasteiger partial charge < -0.3 is 5.11 Å². The zero-order chi connectivity index (χ0) is 22.4. The van der Waals surface area contributed by atoms with Crippen LogP contribution in [0.15, 0.2) is 72.6 Å². The topological polar surface area (TPSA) is 83.4 Å². The lowest BCUT2D eigenvalue weighted by atomic mass is 9.95. The fourth-order valence-electron chi connectivity index (χ4n) is 3.81. The number of aliphatic hydroxyl groups is 1. The summed E-state index contributed by atoms with van der Waals surface area (Å²) in [5.41, 5.74) is 1.90. The molecule has 1 N–H and O–H groups in total. The first kappa shape index (κ1) is 20.0. The van der Waals surface area contributed by atoms with Crippen molar-refractivity contribution in [3.8, 4) is 0 Å². The van der Waals surface area contributed by atoms with Gasteiger partial charge in [0.05, 0.1) is 15.8 Å². The number of benzene rings is 2. The molecule has 158 valence electrons. The van der Waals surface area contributed by atoms with Crippen LogP contribution in [0.25, 0.3) is 16.0 Å². The van der Waals surface area contributed by atoms with E-state index in [1.54, 1.807) is 6.07 Å². The van der Waals surface area contributed by atoms with Crippen LogP contribution in [0.5, 0.6) is 0 Å². The number of rotatable bonds is 3. The third kappa shape index (κ3) is 3.16. The molecule has 0 bridgehead atoms. The van der Waals surface area contributed by atoms with Crippen molar-refractivity contribution in [2.24, 2.45) is 0 Å². The summed E-state index contributed by atoms with van der Waals surface area (Å²) in [5, 5.41) is 11.2. The second-order valence-corrected chi connectivity index (χ2v) is 8.40. The van der Waals surface area contributed by atoms with E-state index in [4.69, 9.17) is 0 Å². The van der Waals surface area contributed by atoms with Gasteiger partial charge in [-0.25, -0.2) is 9.37 Å². The van der Waals surface area contributed by atoms with E-state index in [1.807, 2.05) is 25.1 Å². The second-order valence-electron chi connectivity index (χ2n) is 7.39. The molecular formula is C24H16FN3O3S.